The molecule has 2 aliphatic heterocycles. The number of hydrogen-bond donors (Lipinski definition) is 2. The summed E-state index contributed by atoms with van der Waals surface area (Å²) in [7, 11) is 0. The number of piperidine rings is 1. The molecule has 2 aliphatic rings. The number of likely N-dealkylation sites (tertiary alicyclic amines) is 1. The van der Waals surface area contributed by atoms with Crippen LogP contribution in [0.2, 0.25) is 0 Å². The van der Waals surface area contributed by atoms with Crippen LogP contribution >= 0.6 is 12.6 Å². The van der Waals surface area contributed by atoms with E-state index in [1.54, 1.807) is 0 Å². The van der Waals surface area contributed by atoms with Crippen molar-refractivity contribution in [2.45, 2.75) is 24.6 Å². The summed E-state index contributed by atoms with van der Waals surface area (Å²) >= 11 is 4.37. The standard InChI is InChI=1S/C10H16N2S/c13-10-8-9(4-5-11-10)12-6-2-1-3-7-12/h4-5,8,10-11,13H,1-3,6-7H2. The summed E-state index contributed by atoms with van der Waals surface area (Å²) in [6.07, 6.45) is 10.3. The highest BCUT2D eigenvalue weighted by Crippen LogP contribution is 2.18. The van der Waals surface area contributed by atoms with Crippen molar-refractivity contribution in [2.24, 2.45) is 0 Å². The van der Waals surface area contributed by atoms with E-state index in [9.17, 15) is 0 Å². The first-order chi connectivity index (χ1) is 6.36. The highest BCUT2D eigenvalue weighted by molar-refractivity contribution is 7.81. The largest absolute Gasteiger partial charge is 0.376 e. The molecule has 0 aromatic heterocycles. The Kier molecular flexibility index (Phi) is 2.83. The summed E-state index contributed by atoms with van der Waals surface area (Å²) in [6, 6.07) is 0. The van der Waals surface area contributed by atoms with Crippen molar-refractivity contribution in [1.29, 1.82) is 0 Å². The Morgan fingerprint density at radius 2 is 2.08 bits per heavy atom. The van der Waals surface area contributed by atoms with Crippen LogP contribution in [0.25, 0.3) is 0 Å². The lowest BCUT2D eigenvalue weighted by Crippen LogP contribution is -2.31. The lowest BCUT2D eigenvalue weighted by molar-refractivity contribution is 0.291. The molecule has 1 saturated heterocycles. The summed E-state index contributed by atoms with van der Waals surface area (Å²) in [5.41, 5.74) is 1.33. The molecule has 2 rings (SSSR count). The van der Waals surface area contributed by atoms with Crippen LogP contribution in [0.3, 0.4) is 0 Å². The van der Waals surface area contributed by atoms with Crippen LogP contribution in [0.1, 0.15) is 19.3 Å². The minimum absolute atomic E-state index is 0.182. The van der Waals surface area contributed by atoms with Gasteiger partial charge in [0.2, 0.25) is 0 Å². The molecule has 0 aromatic carbocycles. The number of rotatable bonds is 1. The zero-order valence-corrected chi connectivity index (χ0v) is 8.63. The maximum Gasteiger partial charge on any atom is 0.0898 e. The van der Waals surface area contributed by atoms with Gasteiger partial charge in [0, 0.05) is 18.8 Å². The van der Waals surface area contributed by atoms with Crippen molar-refractivity contribution in [3.63, 3.8) is 0 Å². The second-order valence-electron chi connectivity index (χ2n) is 3.58. The third-order valence-corrected chi connectivity index (χ3v) is 2.87. The molecule has 0 radical (unpaired) electrons. The third kappa shape index (κ3) is 2.21. The summed E-state index contributed by atoms with van der Waals surface area (Å²) in [5, 5.41) is 3.31. The topological polar surface area (TPSA) is 15.3 Å². The van der Waals surface area contributed by atoms with Gasteiger partial charge in [0.1, 0.15) is 0 Å². The Bertz CT molecular complexity index is 229. The van der Waals surface area contributed by atoms with Crippen molar-refractivity contribution in [2.75, 3.05) is 13.1 Å². The van der Waals surface area contributed by atoms with Gasteiger partial charge in [0.25, 0.3) is 0 Å². The Morgan fingerprint density at radius 3 is 2.77 bits per heavy atom. The molecule has 0 amide bonds. The molecular weight excluding hydrogens is 180 g/mol. The van der Waals surface area contributed by atoms with Gasteiger partial charge in [-0.25, -0.2) is 0 Å². The quantitative estimate of drug-likeness (QED) is 0.621. The number of hydrogen-bond acceptors (Lipinski definition) is 3. The molecule has 0 bridgehead atoms. The van der Waals surface area contributed by atoms with Gasteiger partial charge in [-0.1, -0.05) is 0 Å². The van der Waals surface area contributed by atoms with E-state index < -0.39 is 0 Å². The van der Waals surface area contributed by atoms with E-state index in [1.165, 1.54) is 38.0 Å². The lowest BCUT2D eigenvalue weighted by atomic mass is 10.1. The fraction of sp³-hybridized carbons (Fsp3) is 0.600. The summed E-state index contributed by atoms with van der Waals surface area (Å²) in [6.45, 7) is 2.41. The molecule has 2 nitrogen and oxygen atoms in total. The monoisotopic (exact) mass is 196 g/mol. The number of allylic oxidation sites excluding steroid dienone is 1. The first-order valence-electron chi connectivity index (χ1n) is 4.94. The first kappa shape index (κ1) is 9.00. The molecule has 13 heavy (non-hydrogen) atoms. The van der Waals surface area contributed by atoms with Gasteiger partial charge in [-0.15, -0.1) is 0 Å². The Hall–Kier alpha value is -0.570. The zero-order chi connectivity index (χ0) is 9.10. The van der Waals surface area contributed by atoms with Crippen LogP contribution in [0.15, 0.2) is 24.0 Å². The van der Waals surface area contributed by atoms with E-state index in [0.29, 0.717) is 0 Å². The van der Waals surface area contributed by atoms with E-state index in [2.05, 4.69) is 35.0 Å². The van der Waals surface area contributed by atoms with Crippen LogP contribution in [-0.2, 0) is 0 Å². The predicted molar refractivity (Wildman–Crippen MR) is 58.6 cm³/mol. The van der Waals surface area contributed by atoms with Gasteiger partial charge < -0.3 is 10.2 Å². The zero-order valence-electron chi connectivity index (χ0n) is 7.74. The Morgan fingerprint density at radius 1 is 1.31 bits per heavy atom. The van der Waals surface area contributed by atoms with E-state index >= 15 is 0 Å². The smallest absolute Gasteiger partial charge is 0.0898 e. The lowest BCUT2D eigenvalue weighted by Gasteiger charge is -2.31. The molecular formula is C10H16N2S. The molecule has 1 atom stereocenters. The summed E-state index contributed by atoms with van der Waals surface area (Å²) in [5.74, 6) is 0. The minimum Gasteiger partial charge on any atom is -0.376 e. The highest BCUT2D eigenvalue weighted by atomic mass is 32.1. The van der Waals surface area contributed by atoms with Crippen LogP contribution in [0, 0.1) is 0 Å². The van der Waals surface area contributed by atoms with Gasteiger partial charge in [0.15, 0.2) is 0 Å². The molecule has 3 heteroatoms. The second-order valence-corrected chi connectivity index (χ2v) is 4.14. The number of thiol groups is 1. The maximum absolute atomic E-state index is 4.37. The summed E-state index contributed by atoms with van der Waals surface area (Å²) in [4.78, 5) is 2.45. The first-order valence-corrected chi connectivity index (χ1v) is 5.45. The van der Waals surface area contributed by atoms with Crippen molar-refractivity contribution in [3.8, 4) is 0 Å². The number of dihydropyridines is 1. The molecule has 0 aliphatic carbocycles. The molecule has 2 heterocycles. The number of nitrogens with zero attached hydrogens (tertiary/aromatic N) is 1. The van der Waals surface area contributed by atoms with E-state index in [-0.39, 0.29) is 5.37 Å². The highest BCUT2D eigenvalue weighted by Gasteiger charge is 2.13. The normalized spacial score (nSPS) is 28.2. The molecule has 1 unspecified atom stereocenters. The van der Waals surface area contributed by atoms with E-state index in [4.69, 9.17) is 0 Å². The van der Waals surface area contributed by atoms with Crippen LogP contribution < -0.4 is 5.32 Å². The maximum atomic E-state index is 4.37. The fourth-order valence-corrected chi connectivity index (χ4v) is 2.10. The molecule has 1 fully saturated rings. The molecule has 72 valence electrons. The summed E-state index contributed by atoms with van der Waals surface area (Å²) < 4.78 is 0. The Balaban J connectivity index is 2.02. The van der Waals surface area contributed by atoms with Gasteiger partial charge in [-0.2, -0.15) is 12.6 Å². The molecule has 0 spiro atoms. The van der Waals surface area contributed by atoms with Crippen LogP contribution in [0.4, 0.5) is 0 Å². The van der Waals surface area contributed by atoms with Gasteiger partial charge in [-0.3, -0.25) is 0 Å². The Labute approximate surface area is 85.1 Å². The van der Waals surface area contributed by atoms with Crippen molar-refractivity contribution in [3.05, 3.63) is 24.0 Å². The SMILES string of the molecule is SC1C=C(N2CCCCC2)C=CN1. The van der Waals surface area contributed by atoms with Crippen molar-refractivity contribution in [1.82, 2.24) is 10.2 Å². The van der Waals surface area contributed by atoms with Gasteiger partial charge >= 0.3 is 0 Å². The van der Waals surface area contributed by atoms with Crippen molar-refractivity contribution >= 4 is 12.6 Å². The fourth-order valence-electron chi connectivity index (χ4n) is 1.86. The van der Waals surface area contributed by atoms with Crippen LogP contribution in [-0.4, -0.2) is 23.4 Å². The number of nitrogens with one attached hydrogen (secondary N) is 1. The van der Waals surface area contributed by atoms with E-state index in [1.807, 2.05) is 6.20 Å². The van der Waals surface area contributed by atoms with E-state index in [0.717, 1.165) is 0 Å². The predicted octanol–water partition coefficient (Wildman–Crippen LogP) is 1.73. The minimum atomic E-state index is 0.182. The average Bonchev–Trinajstić information content (AvgIpc) is 2.19. The van der Waals surface area contributed by atoms with Crippen LogP contribution in [0.5, 0.6) is 0 Å². The average molecular weight is 196 g/mol. The molecule has 0 saturated carbocycles. The molecule has 0 aromatic rings. The third-order valence-electron chi connectivity index (χ3n) is 2.57. The van der Waals surface area contributed by atoms with Gasteiger partial charge in [-0.05, 0) is 37.6 Å². The second kappa shape index (κ2) is 4.09. The van der Waals surface area contributed by atoms with Crippen molar-refractivity contribution < 1.29 is 0 Å². The molecule has 1 N–H and O–H groups in total. The van der Waals surface area contributed by atoms with Gasteiger partial charge in [0.05, 0.1) is 5.37 Å².